The number of pyridine rings is 1. The second-order valence-electron chi connectivity index (χ2n) is 5.42. The molecule has 0 radical (unpaired) electrons. The quantitative estimate of drug-likeness (QED) is 0.929. The lowest BCUT2D eigenvalue weighted by Crippen LogP contribution is -2.49. The van der Waals surface area contributed by atoms with Gasteiger partial charge >= 0.3 is 0 Å². The zero-order valence-corrected chi connectivity index (χ0v) is 13.0. The minimum atomic E-state index is -0.163. The van der Waals surface area contributed by atoms with E-state index in [0.717, 1.165) is 24.5 Å². The van der Waals surface area contributed by atoms with Gasteiger partial charge in [0.05, 0.1) is 7.11 Å². The van der Waals surface area contributed by atoms with Crippen molar-refractivity contribution in [2.45, 2.75) is 0 Å². The first-order valence-electron chi connectivity index (χ1n) is 7.54. The van der Waals surface area contributed by atoms with Crippen molar-refractivity contribution in [3.8, 4) is 5.75 Å². The SMILES string of the molecule is COc1ccc(N2CCN(C(=O)c3cc(=O)cc[nH]3)CC2)cc1. The van der Waals surface area contributed by atoms with Crippen LogP contribution in [-0.2, 0) is 0 Å². The van der Waals surface area contributed by atoms with E-state index in [1.807, 2.05) is 24.3 Å². The minimum Gasteiger partial charge on any atom is -0.497 e. The highest BCUT2D eigenvalue weighted by Gasteiger charge is 2.22. The Hall–Kier alpha value is -2.76. The molecule has 2 heterocycles. The number of carbonyl (C=O) groups excluding carboxylic acids is 1. The molecule has 1 aliphatic rings. The summed E-state index contributed by atoms with van der Waals surface area (Å²) < 4.78 is 5.16. The van der Waals surface area contributed by atoms with Gasteiger partial charge in [0.2, 0.25) is 0 Å². The molecule has 1 aliphatic heterocycles. The van der Waals surface area contributed by atoms with Crippen LogP contribution in [-0.4, -0.2) is 49.1 Å². The van der Waals surface area contributed by atoms with E-state index >= 15 is 0 Å². The molecule has 1 aromatic heterocycles. The van der Waals surface area contributed by atoms with Crippen molar-refractivity contribution in [3.63, 3.8) is 0 Å². The van der Waals surface area contributed by atoms with Gasteiger partial charge in [-0.05, 0) is 24.3 Å². The highest BCUT2D eigenvalue weighted by Crippen LogP contribution is 2.20. The number of amides is 1. The molecule has 1 amide bonds. The fourth-order valence-corrected chi connectivity index (χ4v) is 2.70. The Morgan fingerprint density at radius 2 is 1.78 bits per heavy atom. The summed E-state index contributed by atoms with van der Waals surface area (Å²) >= 11 is 0. The molecule has 120 valence electrons. The third kappa shape index (κ3) is 3.36. The van der Waals surface area contributed by atoms with Gasteiger partial charge in [-0.25, -0.2) is 0 Å². The minimum absolute atomic E-state index is 0.128. The standard InChI is InChI=1S/C17H19N3O3/c1-23-15-4-2-13(3-5-15)19-8-10-20(11-9-19)17(22)16-12-14(21)6-7-18-16/h2-7,12H,8-11H2,1H3,(H,18,21). The van der Waals surface area contributed by atoms with Crippen LogP contribution in [0.25, 0.3) is 0 Å². The number of anilines is 1. The van der Waals surface area contributed by atoms with E-state index in [4.69, 9.17) is 4.74 Å². The number of ether oxygens (including phenoxy) is 1. The number of hydrogen-bond donors (Lipinski definition) is 1. The molecule has 1 saturated heterocycles. The van der Waals surface area contributed by atoms with Crippen LogP contribution in [0.1, 0.15) is 10.5 Å². The van der Waals surface area contributed by atoms with Crippen molar-refractivity contribution < 1.29 is 9.53 Å². The maximum atomic E-state index is 12.4. The second-order valence-corrected chi connectivity index (χ2v) is 5.42. The van der Waals surface area contributed by atoms with E-state index in [0.29, 0.717) is 18.8 Å². The van der Waals surface area contributed by atoms with Gasteiger partial charge in [-0.15, -0.1) is 0 Å². The summed E-state index contributed by atoms with van der Waals surface area (Å²) in [6, 6.07) is 10.6. The van der Waals surface area contributed by atoms with Crippen LogP contribution in [0.4, 0.5) is 5.69 Å². The van der Waals surface area contributed by atoms with Gasteiger partial charge in [0.15, 0.2) is 5.43 Å². The van der Waals surface area contributed by atoms with Crippen LogP contribution in [0.15, 0.2) is 47.4 Å². The Bertz CT molecular complexity index is 731. The molecule has 0 bridgehead atoms. The van der Waals surface area contributed by atoms with Crippen molar-refractivity contribution in [1.82, 2.24) is 9.88 Å². The first-order valence-corrected chi connectivity index (χ1v) is 7.54. The molecule has 0 atom stereocenters. The highest BCUT2D eigenvalue weighted by molar-refractivity contribution is 5.92. The Labute approximate surface area is 134 Å². The molecule has 6 nitrogen and oxygen atoms in total. The lowest BCUT2D eigenvalue weighted by molar-refractivity contribution is 0.0740. The topological polar surface area (TPSA) is 65.6 Å². The summed E-state index contributed by atoms with van der Waals surface area (Å²) in [7, 11) is 1.65. The maximum Gasteiger partial charge on any atom is 0.270 e. The number of methoxy groups -OCH3 is 1. The fraction of sp³-hybridized carbons (Fsp3) is 0.294. The number of hydrogen-bond acceptors (Lipinski definition) is 4. The Balaban J connectivity index is 1.63. The molecule has 23 heavy (non-hydrogen) atoms. The summed E-state index contributed by atoms with van der Waals surface area (Å²) in [5.74, 6) is 0.702. The number of nitrogens with one attached hydrogen (secondary N) is 1. The normalized spacial score (nSPS) is 14.7. The Kier molecular flexibility index (Phi) is 4.32. The molecule has 1 aromatic carbocycles. The number of carbonyl (C=O) groups is 1. The third-order valence-electron chi connectivity index (χ3n) is 4.01. The van der Waals surface area contributed by atoms with Gasteiger partial charge in [0, 0.05) is 50.2 Å². The predicted molar refractivity (Wildman–Crippen MR) is 88.2 cm³/mol. The molecule has 0 saturated carbocycles. The van der Waals surface area contributed by atoms with E-state index in [1.165, 1.54) is 18.3 Å². The number of rotatable bonds is 3. The second kappa shape index (κ2) is 6.56. The van der Waals surface area contributed by atoms with Gasteiger partial charge in [-0.2, -0.15) is 0 Å². The largest absolute Gasteiger partial charge is 0.497 e. The smallest absolute Gasteiger partial charge is 0.270 e. The van der Waals surface area contributed by atoms with E-state index in [9.17, 15) is 9.59 Å². The fourth-order valence-electron chi connectivity index (χ4n) is 2.70. The maximum absolute atomic E-state index is 12.4. The zero-order chi connectivity index (χ0) is 16.2. The zero-order valence-electron chi connectivity index (χ0n) is 13.0. The van der Waals surface area contributed by atoms with Crippen molar-refractivity contribution in [2.24, 2.45) is 0 Å². The summed E-state index contributed by atoms with van der Waals surface area (Å²) in [6.07, 6.45) is 1.50. The van der Waals surface area contributed by atoms with Crippen LogP contribution >= 0.6 is 0 Å². The number of piperazine rings is 1. The van der Waals surface area contributed by atoms with E-state index in [1.54, 1.807) is 12.0 Å². The van der Waals surface area contributed by atoms with Gasteiger partial charge in [0.25, 0.3) is 5.91 Å². The molecule has 1 fully saturated rings. The molecule has 3 rings (SSSR count). The average Bonchev–Trinajstić information content (AvgIpc) is 2.61. The van der Waals surface area contributed by atoms with Gasteiger partial charge in [-0.3, -0.25) is 9.59 Å². The molecule has 1 N–H and O–H groups in total. The van der Waals surface area contributed by atoms with E-state index in [2.05, 4.69) is 9.88 Å². The molecule has 0 aliphatic carbocycles. The van der Waals surface area contributed by atoms with Crippen LogP contribution < -0.4 is 15.1 Å². The molecule has 2 aromatic rings. The van der Waals surface area contributed by atoms with Gasteiger partial charge in [0.1, 0.15) is 11.4 Å². The molecular formula is C17H19N3O3. The van der Waals surface area contributed by atoms with Crippen molar-refractivity contribution in [2.75, 3.05) is 38.2 Å². The number of H-pyrrole nitrogens is 1. The van der Waals surface area contributed by atoms with Gasteiger partial charge in [-0.1, -0.05) is 0 Å². The predicted octanol–water partition coefficient (Wildman–Crippen LogP) is 1.35. The van der Waals surface area contributed by atoms with Crippen molar-refractivity contribution in [1.29, 1.82) is 0 Å². The Morgan fingerprint density at radius 1 is 1.09 bits per heavy atom. The van der Waals surface area contributed by atoms with Crippen molar-refractivity contribution >= 4 is 11.6 Å². The lowest BCUT2D eigenvalue weighted by Gasteiger charge is -2.36. The van der Waals surface area contributed by atoms with Crippen molar-refractivity contribution in [3.05, 3.63) is 58.5 Å². The number of aromatic nitrogens is 1. The highest BCUT2D eigenvalue weighted by atomic mass is 16.5. The van der Waals surface area contributed by atoms with Crippen LogP contribution in [0.5, 0.6) is 5.75 Å². The monoisotopic (exact) mass is 313 g/mol. The van der Waals surface area contributed by atoms with Gasteiger partial charge < -0.3 is 19.5 Å². The van der Waals surface area contributed by atoms with Crippen LogP contribution in [0, 0.1) is 0 Å². The third-order valence-corrected chi connectivity index (χ3v) is 4.01. The Morgan fingerprint density at radius 3 is 2.39 bits per heavy atom. The summed E-state index contributed by atoms with van der Waals surface area (Å²) in [5, 5.41) is 0. The first-order chi connectivity index (χ1) is 11.2. The van der Waals surface area contributed by atoms with Crippen LogP contribution in [0.3, 0.4) is 0 Å². The molecule has 6 heteroatoms. The number of nitrogens with zero attached hydrogens (tertiary/aromatic N) is 2. The number of aromatic amines is 1. The number of benzene rings is 1. The average molecular weight is 313 g/mol. The molecule has 0 unspecified atom stereocenters. The summed E-state index contributed by atoms with van der Waals surface area (Å²) in [4.78, 5) is 30.6. The summed E-state index contributed by atoms with van der Waals surface area (Å²) in [5.41, 5.74) is 1.30. The molecular weight excluding hydrogens is 294 g/mol. The molecule has 0 spiro atoms. The first kappa shape index (κ1) is 15.1. The van der Waals surface area contributed by atoms with Crippen LogP contribution in [0.2, 0.25) is 0 Å². The lowest BCUT2D eigenvalue weighted by atomic mass is 10.2. The van der Waals surface area contributed by atoms with E-state index in [-0.39, 0.29) is 11.3 Å². The summed E-state index contributed by atoms with van der Waals surface area (Å²) in [6.45, 7) is 2.77. The van der Waals surface area contributed by atoms with E-state index < -0.39 is 0 Å².